The van der Waals surface area contributed by atoms with Gasteiger partial charge in [0, 0.05) is 11.1 Å². The molecule has 0 saturated heterocycles. The van der Waals surface area contributed by atoms with Gasteiger partial charge in [-0.2, -0.15) is 0 Å². The van der Waals surface area contributed by atoms with Crippen LogP contribution in [0.5, 0.6) is 23.0 Å². The standard InChI is InChI=1S/C26H22O6/c1-14(2)29-18-6-9-20-19(12-18)25(16-4-7-21-23(10-16)28-13-27-21)15(3)26(30-20)17-5-8-22-24(11-17)32-31-22/h4-12,14,26H,13H2,1-3H3. The molecular weight excluding hydrogens is 408 g/mol. The molecule has 1 atom stereocenters. The monoisotopic (exact) mass is 430 g/mol. The molecule has 0 radical (unpaired) electrons. The van der Waals surface area contributed by atoms with E-state index in [2.05, 4.69) is 13.0 Å². The lowest BCUT2D eigenvalue weighted by Gasteiger charge is -2.31. The van der Waals surface area contributed by atoms with E-state index in [-0.39, 0.29) is 19.0 Å². The van der Waals surface area contributed by atoms with Gasteiger partial charge in [0.25, 0.3) is 0 Å². The van der Waals surface area contributed by atoms with E-state index in [1.807, 2.05) is 62.4 Å². The first-order chi connectivity index (χ1) is 15.6. The third kappa shape index (κ3) is 3.02. The second-order valence-corrected chi connectivity index (χ2v) is 8.32. The van der Waals surface area contributed by atoms with Gasteiger partial charge in [0.15, 0.2) is 11.5 Å². The number of hydrogen-bond donors (Lipinski definition) is 0. The summed E-state index contributed by atoms with van der Waals surface area (Å²) in [5.41, 5.74) is 6.64. The van der Waals surface area contributed by atoms with Gasteiger partial charge >= 0.3 is 0 Å². The molecule has 0 N–H and O–H groups in total. The van der Waals surface area contributed by atoms with E-state index >= 15 is 0 Å². The molecule has 0 aliphatic carbocycles. The van der Waals surface area contributed by atoms with Gasteiger partial charge in [-0.3, -0.25) is 9.15 Å². The summed E-state index contributed by atoms with van der Waals surface area (Å²) in [4.78, 5) is 0. The van der Waals surface area contributed by atoms with E-state index in [0.717, 1.165) is 62.0 Å². The van der Waals surface area contributed by atoms with Crippen molar-refractivity contribution in [2.24, 2.45) is 0 Å². The molecule has 6 heteroatoms. The molecule has 1 aromatic heterocycles. The van der Waals surface area contributed by atoms with Crippen molar-refractivity contribution in [2.75, 3.05) is 6.79 Å². The molecule has 6 rings (SSSR count). The SMILES string of the molecule is CC1=C(c2ccc3c(c2)OCO3)c2cc(OC(C)C)ccc2OC1c1ccc2ooc2c1. The summed E-state index contributed by atoms with van der Waals surface area (Å²) >= 11 is 0. The second kappa shape index (κ2) is 7.12. The largest absolute Gasteiger partial charge is 0.491 e. The van der Waals surface area contributed by atoms with Crippen molar-refractivity contribution >= 4 is 16.7 Å². The Morgan fingerprint density at radius 1 is 0.844 bits per heavy atom. The van der Waals surface area contributed by atoms with E-state index in [9.17, 15) is 0 Å². The number of fused-ring (bicyclic) bond motifs is 3. The zero-order valence-electron chi connectivity index (χ0n) is 18.0. The quantitative estimate of drug-likeness (QED) is 0.345. The molecule has 162 valence electrons. The highest BCUT2D eigenvalue weighted by Gasteiger charge is 2.30. The fourth-order valence-electron chi connectivity index (χ4n) is 4.34. The molecule has 32 heavy (non-hydrogen) atoms. The Labute approximate surface area is 184 Å². The zero-order valence-corrected chi connectivity index (χ0v) is 18.0. The van der Waals surface area contributed by atoms with Crippen LogP contribution in [0.3, 0.4) is 0 Å². The molecule has 2 aliphatic heterocycles. The van der Waals surface area contributed by atoms with E-state index in [4.69, 9.17) is 28.1 Å². The highest BCUT2D eigenvalue weighted by Crippen LogP contribution is 2.48. The molecule has 3 heterocycles. The van der Waals surface area contributed by atoms with E-state index < -0.39 is 0 Å². The van der Waals surface area contributed by atoms with Crippen molar-refractivity contribution in [2.45, 2.75) is 33.0 Å². The lowest BCUT2D eigenvalue weighted by molar-refractivity contribution is 0.0586. The maximum atomic E-state index is 6.49. The summed E-state index contributed by atoms with van der Waals surface area (Å²) < 4.78 is 33.7. The zero-order chi connectivity index (χ0) is 21.8. The van der Waals surface area contributed by atoms with Crippen LogP contribution in [0, 0.1) is 0 Å². The molecule has 0 saturated carbocycles. The molecule has 6 nitrogen and oxygen atoms in total. The minimum atomic E-state index is -0.269. The molecule has 0 spiro atoms. The number of ether oxygens (including phenoxy) is 4. The van der Waals surface area contributed by atoms with E-state index in [1.165, 1.54) is 0 Å². The first kappa shape index (κ1) is 18.9. The Morgan fingerprint density at radius 2 is 1.66 bits per heavy atom. The lowest BCUT2D eigenvalue weighted by atomic mass is 9.86. The Kier molecular flexibility index (Phi) is 4.21. The van der Waals surface area contributed by atoms with Gasteiger partial charge in [-0.25, -0.2) is 0 Å². The molecule has 4 aromatic rings. The molecule has 1 unspecified atom stereocenters. The van der Waals surface area contributed by atoms with Crippen molar-refractivity contribution in [3.63, 3.8) is 0 Å². The average molecular weight is 430 g/mol. The van der Waals surface area contributed by atoms with Crippen LogP contribution in [-0.4, -0.2) is 12.9 Å². The summed E-state index contributed by atoms with van der Waals surface area (Å²) in [5, 5.41) is 0. The summed E-state index contributed by atoms with van der Waals surface area (Å²) in [7, 11) is 0. The summed E-state index contributed by atoms with van der Waals surface area (Å²) in [5.74, 6) is 3.10. The van der Waals surface area contributed by atoms with Gasteiger partial charge in [0.2, 0.25) is 18.0 Å². The minimum absolute atomic E-state index is 0.0778. The number of benzene rings is 3. The van der Waals surface area contributed by atoms with E-state index in [1.54, 1.807) is 0 Å². The Morgan fingerprint density at radius 3 is 2.44 bits per heavy atom. The van der Waals surface area contributed by atoms with Crippen LogP contribution in [0.4, 0.5) is 0 Å². The van der Waals surface area contributed by atoms with Crippen LogP contribution in [0.15, 0.2) is 69.3 Å². The van der Waals surface area contributed by atoms with Crippen molar-refractivity contribution in [3.05, 3.63) is 76.9 Å². The molecule has 3 aromatic carbocycles. The Hall–Kier alpha value is -3.80. The highest BCUT2D eigenvalue weighted by atomic mass is 17.0. The minimum Gasteiger partial charge on any atom is -0.491 e. The lowest BCUT2D eigenvalue weighted by Crippen LogP contribution is -2.17. The summed E-state index contributed by atoms with van der Waals surface area (Å²) in [6.45, 7) is 6.37. The number of hydrogen-bond acceptors (Lipinski definition) is 6. The fraction of sp³-hybridized carbons (Fsp3) is 0.231. The first-order valence-electron chi connectivity index (χ1n) is 10.6. The Bertz CT molecular complexity index is 1360. The third-order valence-electron chi connectivity index (χ3n) is 5.78. The molecule has 0 amide bonds. The van der Waals surface area contributed by atoms with Gasteiger partial charge in [-0.1, -0.05) is 12.1 Å². The molecule has 0 bridgehead atoms. The van der Waals surface area contributed by atoms with Crippen LogP contribution in [0.2, 0.25) is 0 Å². The van der Waals surface area contributed by atoms with Crippen LogP contribution in [-0.2, 0) is 0 Å². The van der Waals surface area contributed by atoms with Crippen molar-refractivity contribution in [1.82, 2.24) is 0 Å². The third-order valence-corrected chi connectivity index (χ3v) is 5.78. The van der Waals surface area contributed by atoms with E-state index in [0.29, 0.717) is 0 Å². The smallest absolute Gasteiger partial charge is 0.231 e. The van der Waals surface area contributed by atoms with Crippen molar-refractivity contribution < 1.29 is 28.1 Å². The van der Waals surface area contributed by atoms with Crippen molar-refractivity contribution in [3.8, 4) is 23.0 Å². The molecular formula is C26H22O6. The second-order valence-electron chi connectivity index (χ2n) is 8.32. The van der Waals surface area contributed by atoms with Gasteiger partial charge in [-0.05, 0) is 79.9 Å². The highest BCUT2D eigenvalue weighted by molar-refractivity contribution is 5.88. The fourth-order valence-corrected chi connectivity index (χ4v) is 4.34. The van der Waals surface area contributed by atoms with Crippen LogP contribution in [0.25, 0.3) is 16.7 Å². The van der Waals surface area contributed by atoms with Crippen molar-refractivity contribution in [1.29, 1.82) is 0 Å². The van der Waals surface area contributed by atoms with Gasteiger partial charge in [0.1, 0.15) is 17.6 Å². The average Bonchev–Trinajstić information content (AvgIpc) is 3.22. The summed E-state index contributed by atoms with van der Waals surface area (Å²) in [6, 6.07) is 17.9. The maximum Gasteiger partial charge on any atom is 0.231 e. The predicted molar refractivity (Wildman–Crippen MR) is 118 cm³/mol. The normalized spacial score (nSPS) is 17.1. The first-order valence-corrected chi connectivity index (χ1v) is 10.6. The Balaban J connectivity index is 1.52. The molecule has 0 fully saturated rings. The van der Waals surface area contributed by atoms with Gasteiger partial charge in [-0.15, -0.1) is 0 Å². The van der Waals surface area contributed by atoms with Gasteiger partial charge < -0.3 is 18.9 Å². The molecule has 2 aliphatic rings. The predicted octanol–water partition coefficient (Wildman–Crippen LogP) is 6.50. The van der Waals surface area contributed by atoms with Crippen LogP contribution in [0.1, 0.15) is 43.6 Å². The topological polar surface area (TPSA) is 63.2 Å². The van der Waals surface area contributed by atoms with Crippen LogP contribution >= 0.6 is 0 Å². The summed E-state index contributed by atoms with van der Waals surface area (Å²) in [6.07, 6.45) is -0.191. The van der Waals surface area contributed by atoms with Crippen LogP contribution < -0.4 is 18.9 Å². The maximum absolute atomic E-state index is 6.49. The van der Waals surface area contributed by atoms with Gasteiger partial charge in [0.05, 0.1) is 6.10 Å². The number of rotatable bonds is 4.